The number of aryl methyl sites for hydroxylation is 2. The van der Waals surface area contributed by atoms with Gasteiger partial charge in [0, 0.05) is 23.0 Å². The third-order valence-corrected chi connectivity index (χ3v) is 4.63. The van der Waals surface area contributed by atoms with E-state index in [1.807, 2.05) is 18.7 Å². The van der Waals surface area contributed by atoms with Crippen LogP contribution >= 0.6 is 27.7 Å². The van der Waals surface area contributed by atoms with E-state index in [1.165, 1.54) is 10.5 Å². The maximum Gasteiger partial charge on any atom is 0.0987 e. The Bertz CT molecular complexity index is 580. The molecule has 0 aliphatic rings. The van der Waals surface area contributed by atoms with Crippen molar-refractivity contribution in [2.24, 2.45) is 7.05 Å². The Balaban J connectivity index is 2.20. The lowest BCUT2D eigenvalue weighted by Gasteiger charge is -2.10. The van der Waals surface area contributed by atoms with E-state index < -0.39 is 0 Å². The van der Waals surface area contributed by atoms with Crippen LogP contribution in [0.4, 0.5) is 0 Å². The highest BCUT2D eigenvalue weighted by atomic mass is 79.9. The van der Waals surface area contributed by atoms with Crippen LogP contribution in [0.15, 0.2) is 38.7 Å². The molecule has 20 heavy (non-hydrogen) atoms. The van der Waals surface area contributed by atoms with Crippen LogP contribution in [0.1, 0.15) is 24.6 Å². The normalized spacial score (nSPS) is 11.0. The SMILES string of the molecule is CCCNCc1ccc(Br)cc1Sc1cc(C)nn1C. The molecule has 2 aromatic rings. The van der Waals surface area contributed by atoms with E-state index in [2.05, 4.69) is 57.5 Å². The maximum absolute atomic E-state index is 4.40. The van der Waals surface area contributed by atoms with Crippen molar-refractivity contribution in [2.75, 3.05) is 6.54 Å². The van der Waals surface area contributed by atoms with Gasteiger partial charge in [0.2, 0.25) is 0 Å². The van der Waals surface area contributed by atoms with Crippen molar-refractivity contribution in [1.82, 2.24) is 15.1 Å². The Morgan fingerprint density at radius 1 is 1.35 bits per heavy atom. The molecule has 3 nitrogen and oxygen atoms in total. The second-order valence-corrected chi connectivity index (χ2v) is 6.76. The number of nitrogens with one attached hydrogen (secondary N) is 1. The van der Waals surface area contributed by atoms with Crippen LogP contribution < -0.4 is 5.32 Å². The van der Waals surface area contributed by atoms with Crippen molar-refractivity contribution in [3.63, 3.8) is 0 Å². The minimum Gasteiger partial charge on any atom is -0.313 e. The van der Waals surface area contributed by atoms with Crippen LogP contribution in [0.25, 0.3) is 0 Å². The molecular weight excluding hydrogens is 334 g/mol. The predicted octanol–water partition coefficient (Wildman–Crippen LogP) is 4.14. The quantitative estimate of drug-likeness (QED) is 0.791. The van der Waals surface area contributed by atoms with Crippen molar-refractivity contribution in [2.45, 2.75) is 36.7 Å². The lowest BCUT2D eigenvalue weighted by molar-refractivity contribution is 0.668. The maximum atomic E-state index is 4.40. The van der Waals surface area contributed by atoms with Gasteiger partial charge in [-0.05, 0) is 43.7 Å². The molecular formula is C15H20BrN3S. The Labute approximate surface area is 133 Å². The smallest absolute Gasteiger partial charge is 0.0987 e. The van der Waals surface area contributed by atoms with Crippen LogP contribution in [-0.4, -0.2) is 16.3 Å². The highest BCUT2D eigenvalue weighted by Crippen LogP contribution is 2.32. The zero-order chi connectivity index (χ0) is 14.5. The molecule has 0 fully saturated rings. The molecule has 0 unspecified atom stereocenters. The monoisotopic (exact) mass is 353 g/mol. The minimum absolute atomic E-state index is 0.903. The first-order valence-electron chi connectivity index (χ1n) is 6.77. The first-order valence-corrected chi connectivity index (χ1v) is 8.38. The molecule has 0 saturated carbocycles. The summed E-state index contributed by atoms with van der Waals surface area (Å²) < 4.78 is 3.04. The Morgan fingerprint density at radius 2 is 2.15 bits per heavy atom. The van der Waals surface area contributed by atoms with Crippen LogP contribution in [0.3, 0.4) is 0 Å². The van der Waals surface area contributed by atoms with E-state index in [4.69, 9.17) is 0 Å². The van der Waals surface area contributed by atoms with E-state index in [-0.39, 0.29) is 0 Å². The summed E-state index contributed by atoms with van der Waals surface area (Å²) in [7, 11) is 1.99. The van der Waals surface area contributed by atoms with Crippen LogP contribution in [0, 0.1) is 6.92 Å². The van der Waals surface area contributed by atoms with Gasteiger partial charge in [0.1, 0.15) is 0 Å². The number of hydrogen-bond donors (Lipinski definition) is 1. The van der Waals surface area contributed by atoms with Gasteiger partial charge in [-0.3, -0.25) is 4.68 Å². The van der Waals surface area contributed by atoms with E-state index in [0.29, 0.717) is 0 Å². The average Bonchev–Trinajstić information content (AvgIpc) is 2.71. The summed E-state index contributed by atoms with van der Waals surface area (Å²) in [6.07, 6.45) is 1.15. The standard InChI is InChI=1S/C15H20BrN3S/c1-4-7-17-10-12-5-6-13(16)9-14(12)20-15-8-11(2)18-19(15)3/h5-6,8-9,17H,4,7,10H2,1-3H3. The summed E-state index contributed by atoms with van der Waals surface area (Å²) in [5.74, 6) is 0. The lowest BCUT2D eigenvalue weighted by atomic mass is 10.2. The summed E-state index contributed by atoms with van der Waals surface area (Å²) in [5.41, 5.74) is 2.38. The van der Waals surface area contributed by atoms with Crippen molar-refractivity contribution in [3.05, 3.63) is 40.0 Å². The number of rotatable bonds is 6. The van der Waals surface area contributed by atoms with Crippen molar-refractivity contribution >= 4 is 27.7 Å². The number of hydrogen-bond acceptors (Lipinski definition) is 3. The summed E-state index contributed by atoms with van der Waals surface area (Å²) in [4.78, 5) is 1.27. The third-order valence-electron chi connectivity index (χ3n) is 2.95. The molecule has 1 aromatic carbocycles. The molecule has 0 aliphatic heterocycles. The summed E-state index contributed by atoms with van der Waals surface area (Å²) >= 11 is 5.32. The Kier molecular flexibility index (Phi) is 5.69. The van der Waals surface area contributed by atoms with Gasteiger partial charge in [-0.15, -0.1) is 0 Å². The highest BCUT2D eigenvalue weighted by molar-refractivity contribution is 9.10. The first kappa shape index (κ1) is 15.6. The van der Waals surface area contributed by atoms with Gasteiger partial charge in [-0.25, -0.2) is 0 Å². The zero-order valence-electron chi connectivity index (χ0n) is 12.1. The second kappa shape index (κ2) is 7.29. The summed E-state index contributed by atoms with van der Waals surface area (Å²) in [6, 6.07) is 8.57. The van der Waals surface area contributed by atoms with Crippen LogP contribution in [0.2, 0.25) is 0 Å². The molecule has 0 aliphatic carbocycles. The molecule has 1 heterocycles. The third kappa shape index (κ3) is 4.11. The molecule has 0 amide bonds. The van der Waals surface area contributed by atoms with E-state index in [9.17, 15) is 0 Å². The van der Waals surface area contributed by atoms with Gasteiger partial charge in [-0.1, -0.05) is 40.7 Å². The first-order chi connectivity index (χ1) is 9.60. The number of nitrogens with zero attached hydrogens (tertiary/aromatic N) is 2. The molecule has 2 rings (SSSR count). The second-order valence-electron chi connectivity index (χ2n) is 4.78. The Hall–Kier alpha value is -0.780. The van der Waals surface area contributed by atoms with Crippen LogP contribution in [0.5, 0.6) is 0 Å². The minimum atomic E-state index is 0.903. The van der Waals surface area contributed by atoms with Gasteiger partial charge in [0.15, 0.2) is 0 Å². The van der Waals surface area contributed by atoms with Crippen molar-refractivity contribution in [3.8, 4) is 0 Å². The molecule has 1 aromatic heterocycles. The lowest BCUT2D eigenvalue weighted by Crippen LogP contribution is -2.14. The number of benzene rings is 1. The van der Waals surface area contributed by atoms with Crippen molar-refractivity contribution < 1.29 is 0 Å². The summed E-state index contributed by atoms with van der Waals surface area (Å²) in [6.45, 7) is 6.16. The average molecular weight is 354 g/mol. The summed E-state index contributed by atoms with van der Waals surface area (Å²) in [5, 5.41) is 9.03. The Morgan fingerprint density at radius 3 is 2.80 bits per heavy atom. The van der Waals surface area contributed by atoms with E-state index in [1.54, 1.807) is 11.8 Å². The fraction of sp³-hybridized carbons (Fsp3) is 0.400. The van der Waals surface area contributed by atoms with Gasteiger partial charge in [-0.2, -0.15) is 5.10 Å². The van der Waals surface area contributed by atoms with E-state index in [0.717, 1.165) is 34.7 Å². The molecule has 5 heteroatoms. The van der Waals surface area contributed by atoms with Crippen LogP contribution in [-0.2, 0) is 13.6 Å². The molecule has 0 saturated heterocycles. The number of halogens is 1. The van der Waals surface area contributed by atoms with Gasteiger partial charge in [0.05, 0.1) is 10.7 Å². The molecule has 0 spiro atoms. The number of aromatic nitrogens is 2. The van der Waals surface area contributed by atoms with Gasteiger partial charge >= 0.3 is 0 Å². The molecule has 0 bridgehead atoms. The molecule has 108 valence electrons. The van der Waals surface area contributed by atoms with Gasteiger partial charge < -0.3 is 5.32 Å². The zero-order valence-corrected chi connectivity index (χ0v) is 14.5. The van der Waals surface area contributed by atoms with E-state index >= 15 is 0 Å². The molecule has 0 atom stereocenters. The van der Waals surface area contributed by atoms with Crippen molar-refractivity contribution in [1.29, 1.82) is 0 Å². The fourth-order valence-corrected chi connectivity index (χ4v) is 3.56. The predicted molar refractivity (Wildman–Crippen MR) is 88.2 cm³/mol. The van der Waals surface area contributed by atoms with Gasteiger partial charge in [0.25, 0.3) is 0 Å². The highest BCUT2D eigenvalue weighted by Gasteiger charge is 2.09. The molecule has 0 radical (unpaired) electrons. The largest absolute Gasteiger partial charge is 0.313 e. The fourth-order valence-electron chi connectivity index (χ4n) is 1.96. The topological polar surface area (TPSA) is 29.9 Å². The molecule has 1 N–H and O–H groups in total.